The van der Waals surface area contributed by atoms with Gasteiger partial charge < -0.3 is 15.5 Å². The Kier molecular flexibility index (Phi) is 4.79. The fourth-order valence-electron chi connectivity index (χ4n) is 3.03. The van der Waals surface area contributed by atoms with Gasteiger partial charge in [-0.15, -0.1) is 0 Å². The molecule has 0 aliphatic heterocycles. The van der Waals surface area contributed by atoms with Crippen molar-refractivity contribution in [2.45, 2.75) is 32.9 Å². The molecule has 0 saturated carbocycles. The van der Waals surface area contributed by atoms with Crippen LogP contribution in [0.4, 0.5) is 20.7 Å². The number of aromatic nitrogens is 7. The van der Waals surface area contributed by atoms with Crippen molar-refractivity contribution in [1.82, 2.24) is 34.1 Å². The maximum absolute atomic E-state index is 12.8. The van der Waals surface area contributed by atoms with Crippen LogP contribution in [0.25, 0.3) is 16.9 Å². The van der Waals surface area contributed by atoms with Crippen LogP contribution in [0.2, 0.25) is 0 Å². The number of alkyl halides is 2. The van der Waals surface area contributed by atoms with E-state index in [9.17, 15) is 8.78 Å². The summed E-state index contributed by atoms with van der Waals surface area (Å²) < 4.78 is 28.1. The van der Waals surface area contributed by atoms with Crippen molar-refractivity contribution >= 4 is 17.4 Å². The lowest BCUT2D eigenvalue weighted by Crippen LogP contribution is -2.15. The third kappa shape index (κ3) is 3.71. The Bertz CT molecular complexity index is 1150. The van der Waals surface area contributed by atoms with Crippen molar-refractivity contribution in [3.05, 3.63) is 48.3 Å². The van der Waals surface area contributed by atoms with Gasteiger partial charge in [-0.25, -0.2) is 9.67 Å². The molecule has 1 unspecified atom stereocenters. The molecule has 0 spiro atoms. The summed E-state index contributed by atoms with van der Waals surface area (Å²) in [5.41, 5.74) is 8.03. The zero-order valence-corrected chi connectivity index (χ0v) is 15.8. The zero-order chi connectivity index (χ0) is 20.5. The molecule has 0 bridgehead atoms. The van der Waals surface area contributed by atoms with Crippen molar-refractivity contribution < 1.29 is 8.78 Å². The molecule has 0 aliphatic rings. The van der Waals surface area contributed by atoms with Gasteiger partial charge in [-0.05, 0) is 31.5 Å². The Hall–Kier alpha value is -3.63. The van der Waals surface area contributed by atoms with Gasteiger partial charge in [0.05, 0.1) is 23.4 Å². The molecule has 4 aromatic rings. The number of hydrogen-bond donors (Lipinski definition) is 2. The lowest BCUT2D eigenvalue weighted by Gasteiger charge is -2.15. The van der Waals surface area contributed by atoms with E-state index in [-0.39, 0.29) is 17.9 Å². The molecule has 1 atom stereocenters. The lowest BCUT2D eigenvalue weighted by molar-refractivity contribution is 0.0560. The van der Waals surface area contributed by atoms with Crippen LogP contribution in [0.15, 0.2) is 36.8 Å². The Morgan fingerprint density at radius 3 is 2.72 bits per heavy atom. The zero-order valence-electron chi connectivity index (χ0n) is 15.8. The molecule has 0 saturated heterocycles. The van der Waals surface area contributed by atoms with Gasteiger partial charge in [0.25, 0.3) is 0 Å². The molecule has 0 fully saturated rings. The number of anilines is 2. The number of nitrogens with two attached hydrogens (primary N) is 1. The number of aryl methyl sites for hydroxylation is 1. The number of pyridine rings is 1. The van der Waals surface area contributed by atoms with E-state index < -0.39 is 6.55 Å². The first-order valence-corrected chi connectivity index (χ1v) is 9.00. The van der Waals surface area contributed by atoms with Crippen molar-refractivity contribution in [2.75, 3.05) is 11.1 Å². The summed E-state index contributed by atoms with van der Waals surface area (Å²) in [6.07, 6.45) is 5.47. The topological polar surface area (TPSA) is 112 Å². The standard InChI is InChI=1S/C18H19F2N9/c1-3-13(14-6-7-29(27-14)16(19)20)23-18-25-15(24-17(21)26-18)11-4-5-12-8-22-10(2)28(12)9-11/h4-9,13,16H,3H2,1-2H3,(H3,21,23,24,25,26). The van der Waals surface area contributed by atoms with Gasteiger partial charge in [0.1, 0.15) is 5.82 Å². The molecule has 3 N–H and O–H groups in total. The minimum atomic E-state index is -2.69. The minimum absolute atomic E-state index is 0.0490. The second-order valence-electron chi connectivity index (χ2n) is 6.46. The third-order valence-corrected chi connectivity index (χ3v) is 4.52. The van der Waals surface area contributed by atoms with E-state index in [1.54, 1.807) is 6.20 Å². The van der Waals surface area contributed by atoms with Crippen LogP contribution in [-0.4, -0.2) is 34.1 Å². The van der Waals surface area contributed by atoms with Crippen LogP contribution >= 0.6 is 0 Å². The molecule has 9 nitrogen and oxygen atoms in total. The van der Waals surface area contributed by atoms with Gasteiger partial charge in [0, 0.05) is 18.0 Å². The Balaban J connectivity index is 1.65. The fourth-order valence-corrected chi connectivity index (χ4v) is 3.03. The summed E-state index contributed by atoms with van der Waals surface area (Å²) in [6.45, 7) is 1.11. The molecule has 11 heteroatoms. The van der Waals surface area contributed by atoms with Gasteiger partial charge in [0.15, 0.2) is 5.82 Å². The van der Waals surface area contributed by atoms with Crippen molar-refractivity contribution in [2.24, 2.45) is 0 Å². The Morgan fingerprint density at radius 2 is 2.00 bits per heavy atom. The molecule has 4 heterocycles. The van der Waals surface area contributed by atoms with E-state index in [1.807, 2.05) is 36.6 Å². The minimum Gasteiger partial charge on any atom is -0.368 e. The molecule has 29 heavy (non-hydrogen) atoms. The Morgan fingerprint density at radius 1 is 1.17 bits per heavy atom. The fraction of sp³-hybridized carbons (Fsp3) is 0.278. The number of hydrogen-bond acceptors (Lipinski definition) is 7. The molecule has 4 aromatic heterocycles. The number of nitrogens with zero attached hydrogens (tertiary/aromatic N) is 7. The molecule has 150 valence electrons. The molecular formula is C18H19F2N9. The average molecular weight is 399 g/mol. The maximum Gasteiger partial charge on any atom is 0.333 e. The van der Waals surface area contributed by atoms with Gasteiger partial charge in [-0.3, -0.25) is 0 Å². The van der Waals surface area contributed by atoms with Crippen LogP contribution in [0.1, 0.15) is 37.5 Å². The second kappa shape index (κ2) is 7.41. The third-order valence-electron chi connectivity index (χ3n) is 4.52. The van der Waals surface area contributed by atoms with Gasteiger partial charge in [-0.1, -0.05) is 6.92 Å². The van der Waals surface area contributed by atoms with E-state index >= 15 is 0 Å². The molecule has 0 aromatic carbocycles. The van der Waals surface area contributed by atoms with E-state index in [4.69, 9.17) is 5.73 Å². The molecular weight excluding hydrogens is 380 g/mol. The van der Waals surface area contributed by atoms with E-state index in [1.165, 1.54) is 12.3 Å². The largest absolute Gasteiger partial charge is 0.368 e. The first-order chi connectivity index (χ1) is 13.9. The summed E-state index contributed by atoms with van der Waals surface area (Å²) in [5, 5.41) is 7.02. The number of halogens is 2. The predicted molar refractivity (Wildman–Crippen MR) is 103 cm³/mol. The van der Waals surface area contributed by atoms with Crippen molar-refractivity contribution in [3.63, 3.8) is 0 Å². The Labute approximate surface area is 164 Å². The number of nitrogen functional groups attached to an aromatic ring is 1. The quantitative estimate of drug-likeness (QED) is 0.512. The highest BCUT2D eigenvalue weighted by molar-refractivity contribution is 5.61. The predicted octanol–water partition coefficient (Wildman–Crippen LogP) is 3.23. The van der Waals surface area contributed by atoms with Crippen LogP contribution < -0.4 is 11.1 Å². The highest BCUT2D eigenvalue weighted by atomic mass is 19.3. The number of nitrogens with one attached hydrogen (secondary N) is 1. The first-order valence-electron chi connectivity index (χ1n) is 9.00. The molecule has 0 aliphatic carbocycles. The molecule has 0 radical (unpaired) electrons. The van der Waals surface area contributed by atoms with Gasteiger partial charge in [-0.2, -0.15) is 28.8 Å². The van der Waals surface area contributed by atoms with Crippen molar-refractivity contribution in [1.29, 1.82) is 0 Å². The summed E-state index contributed by atoms with van der Waals surface area (Å²) in [4.78, 5) is 17.1. The molecule has 4 rings (SSSR count). The summed E-state index contributed by atoms with van der Waals surface area (Å²) >= 11 is 0. The van der Waals surface area contributed by atoms with Crippen LogP contribution in [0.5, 0.6) is 0 Å². The number of rotatable bonds is 6. The van der Waals surface area contributed by atoms with E-state index in [0.29, 0.717) is 22.6 Å². The highest BCUT2D eigenvalue weighted by Gasteiger charge is 2.17. The van der Waals surface area contributed by atoms with E-state index in [0.717, 1.165) is 16.9 Å². The van der Waals surface area contributed by atoms with Gasteiger partial charge >= 0.3 is 6.55 Å². The monoisotopic (exact) mass is 399 g/mol. The molecule has 0 amide bonds. The first kappa shape index (κ1) is 18.7. The average Bonchev–Trinajstić information content (AvgIpc) is 3.33. The highest BCUT2D eigenvalue weighted by Crippen LogP contribution is 2.23. The van der Waals surface area contributed by atoms with Crippen LogP contribution in [0.3, 0.4) is 0 Å². The SMILES string of the molecule is CCC(Nc1nc(N)nc(-c2ccc3cnc(C)n3c2)n1)c1ccn(C(F)F)n1. The summed E-state index contributed by atoms with van der Waals surface area (Å²) in [5.74, 6) is 1.52. The summed E-state index contributed by atoms with van der Waals surface area (Å²) in [6, 6.07) is 4.96. The normalized spacial score (nSPS) is 12.6. The maximum atomic E-state index is 12.8. The van der Waals surface area contributed by atoms with E-state index in [2.05, 4.69) is 30.4 Å². The van der Waals surface area contributed by atoms with Crippen molar-refractivity contribution in [3.8, 4) is 11.4 Å². The lowest BCUT2D eigenvalue weighted by atomic mass is 10.1. The van der Waals surface area contributed by atoms with Gasteiger partial charge in [0.2, 0.25) is 11.9 Å². The number of fused-ring (bicyclic) bond motifs is 1. The van der Waals surface area contributed by atoms with Crippen LogP contribution in [-0.2, 0) is 0 Å². The smallest absolute Gasteiger partial charge is 0.333 e. The second-order valence-corrected chi connectivity index (χ2v) is 6.46. The summed E-state index contributed by atoms with van der Waals surface area (Å²) in [7, 11) is 0. The number of imidazole rings is 1. The van der Waals surface area contributed by atoms with Crippen LogP contribution in [0, 0.1) is 6.92 Å².